The molecule has 0 N–H and O–H groups in total. The Bertz CT molecular complexity index is 521. The number of pyridine rings is 1. The molecule has 1 aliphatic heterocycles. The third-order valence-electron chi connectivity index (χ3n) is 3.39. The molecule has 0 saturated carbocycles. The summed E-state index contributed by atoms with van der Waals surface area (Å²) in [5, 5.41) is 9.53. The molecular weight excluding hydrogens is 282 g/mol. The fourth-order valence-corrected chi connectivity index (χ4v) is 2.97. The lowest BCUT2D eigenvalue weighted by Crippen LogP contribution is -2.44. The molecule has 0 aromatic carbocycles. The molecular formula is C13H14ClN3OS. The number of aromatic nitrogens is 1. The summed E-state index contributed by atoms with van der Waals surface area (Å²) in [4.78, 5) is 18.0. The maximum Gasteiger partial charge on any atom is 0.272 e. The van der Waals surface area contributed by atoms with Gasteiger partial charge in [0.15, 0.2) is 0 Å². The molecule has 1 amide bonds. The molecule has 2 rings (SSSR count). The van der Waals surface area contributed by atoms with Crippen LogP contribution in [0.25, 0.3) is 0 Å². The summed E-state index contributed by atoms with van der Waals surface area (Å²) < 4.78 is -0.349. The van der Waals surface area contributed by atoms with Crippen molar-refractivity contribution in [2.75, 3.05) is 19.3 Å². The highest BCUT2D eigenvalue weighted by Gasteiger charge is 2.35. The minimum atomic E-state index is -0.349. The molecule has 100 valence electrons. The van der Waals surface area contributed by atoms with E-state index in [0.717, 1.165) is 0 Å². The Labute approximate surface area is 121 Å². The molecule has 19 heavy (non-hydrogen) atoms. The van der Waals surface area contributed by atoms with Crippen LogP contribution in [0.1, 0.15) is 23.3 Å². The molecule has 0 bridgehead atoms. The van der Waals surface area contributed by atoms with Crippen LogP contribution in [-0.2, 0) is 0 Å². The maximum absolute atomic E-state index is 12.3. The Balaban J connectivity index is 2.06. The molecule has 0 atom stereocenters. The van der Waals surface area contributed by atoms with Gasteiger partial charge in [0, 0.05) is 13.1 Å². The first kappa shape index (κ1) is 14.2. The highest BCUT2D eigenvalue weighted by molar-refractivity contribution is 8.00. The van der Waals surface area contributed by atoms with E-state index < -0.39 is 0 Å². The van der Waals surface area contributed by atoms with Gasteiger partial charge in [-0.1, -0.05) is 17.7 Å². The van der Waals surface area contributed by atoms with Crippen LogP contribution >= 0.6 is 23.4 Å². The highest BCUT2D eigenvalue weighted by atomic mass is 35.5. The summed E-state index contributed by atoms with van der Waals surface area (Å²) in [6.45, 7) is 1.17. The Morgan fingerprint density at radius 2 is 2.21 bits per heavy atom. The number of hydrogen-bond acceptors (Lipinski definition) is 4. The molecule has 6 heteroatoms. The molecule has 0 aliphatic carbocycles. The maximum atomic E-state index is 12.3. The van der Waals surface area contributed by atoms with E-state index in [1.807, 2.05) is 6.26 Å². The number of rotatable bonds is 2. The quantitative estimate of drug-likeness (QED) is 0.787. The van der Waals surface area contributed by atoms with Gasteiger partial charge in [-0.15, -0.1) is 11.8 Å². The lowest BCUT2D eigenvalue weighted by Gasteiger charge is -2.35. The van der Waals surface area contributed by atoms with Crippen LogP contribution in [0.15, 0.2) is 18.2 Å². The number of halogens is 1. The molecule has 0 unspecified atom stereocenters. The Hall–Kier alpha value is -1.25. The number of carbonyl (C=O) groups is 1. The lowest BCUT2D eigenvalue weighted by atomic mass is 9.97. The summed E-state index contributed by atoms with van der Waals surface area (Å²) in [7, 11) is 0. The van der Waals surface area contributed by atoms with Crippen molar-refractivity contribution in [1.82, 2.24) is 9.88 Å². The SMILES string of the molecule is CSC1(C#N)CCN(C(=O)c2cccc(Cl)n2)CC1. The van der Waals surface area contributed by atoms with Gasteiger partial charge in [0.1, 0.15) is 15.6 Å². The van der Waals surface area contributed by atoms with Crippen LogP contribution in [0, 0.1) is 11.3 Å². The molecule has 4 nitrogen and oxygen atoms in total. The number of nitriles is 1. The Morgan fingerprint density at radius 3 is 2.74 bits per heavy atom. The summed E-state index contributed by atoms with van der Waals surface area (Å²) in [6.07, 6.45) is 3.33. The van der Waals surface area contributed by atoms with Gasteiger partial charge in [-0.05, 0) is 31.2 Å². The third-order valence-corrected chi connectivity index (χ3v) is 4.88. The smallest absolute Gasteiger partial charge is 0.272 e. The van der Waals surface area contributed by atoms with Crippen LogP contribution in [0.3, 0.4) is 0 Å². The highest BCUT2D eigenvalue weighted by Crippen LogP contribution is 2.34. The molecule has 1 aromatic heterocycles. The van der Waals surface area contributed by atoms with E-state index in [1.165, 1.54) is 0 Å². The van der Waals surface area contributed by atoms with Crippen molar-refractivity contribution in [3.63, 3.8) is 0 Å². The van der Waals surface area contributed by atoms with E-state index in [1.54, 1.807) is 34.9 Å². The zero-order valence-electron chi connectivity index (χ0n) is 10.6. The van der Waals surface area contributed by atoms with Crippen molar-refractivity contribution < 1.29 is 4.79 Å². The van der Waals surface area contributed by atoms with E-state index in [0.29, 0.717) is 36.8 Å². The average molecular weight is 296 g/mol. The number of piperidine rings is 1. The minimum absolute atomic E-state index is 0.116. The van der Waals surface area contributed by atoms with Crippen molar-refractivity contribution in [2.45, 2.75) is 17.6 Å². The Morgan fingerprint density at radius 1 is 1.53 bits per heavy atom. The van der Waals surface area contributed by atoms with Gasteiger partial charge in [-0.3, -0.25) is 4.79 Å². The van der Waals surface area contributed by atoms with Gasteiger partial charge in [-0.25, -0.2) is 4.98 Å². The summed E-state index contributed by atoms with van der Waals surface area (Å²) in [6, 6.07) is 7.38. The molecule has 2 heterocycles. The van der Waals surface area contributed by atoms with Crippen LogP contribution in [-0.4, -0.2) is 39.9 Å². The Kier molecular flexibility index (Phi) is 4.33. The summed E-state index contributed by atoms with van der Waals surface area (Å²) in [5.74, 6) is -0.116. The van der Waals surface area contributed by atoms with Crippen LogP contribution in [0.5, 0.6) is 0 Å². The van der Waals surface area contributed by atoms with Gasteiger partial charge in [0.05, 0.1) is 6.07 Å². The van der Waals surface area contributed by atoms with Gasteiger partial charge in [0.2, 0.25) is 0 Å². The molecule has 1 saturated heterocycles. The number of nitrogens with zero attached hydrogens (tertiary/aromatic N) is 3. The van der Waals surface area contributed by atoms with E-state index in [4.69, 9.17) is 11.6 Å². The van der Waals surface area contributed by atoms with Crippen molar-refractivity contribution in [1.29, 1.82) is 5.26 Å². The van der Waals surface area contributed by atoms with Gasteiger partial charge >= 0.3 is 0 Å². The van der Waals surface area contributed by atoms with Gasteiger partial charge in [0.25, 0.3) is 5.91 Å². The van der Waals surface area contributed by atoms with Crippen molar-refractivity contribution >= 4 is 29.3 Å². The number of likely N-dealkylation sites (tertiary alicyclic amines) is 1. The van der Waals surface area contributed by atoms with E-state index in [-0.39, 0.29) is 10.7 Å². The fourth-order valence-electron chi connectivity index (χ4n) is 2.12. The fraction of sp³-hybridized carbons (Fsp3) is 0.462. The second kappa shape index (κ2) is 5.81. The second-order valence-corrected chi connectivity index (χ2v) is 6.02. The van der Waals surface area contributed by atoms with Crippen LogP contribution in [0.4, 0.5) is 0 Å². The third kappa shape index (κ3) is 3.02. The van der Waals surface area contributed by atoms with Crippen LogP contribution < -0.4 is 0 Å². The van der Waals surface area contributed by atoms with Crippen molar-refractivity contribution in [3.05, 3.63) is 29.0 Å². The first-order chi connectivity index (χ1) is 9.10. The van der Waals surface area contributed by atoms with E-state index >= 15 is 0 Å². The number of hydrogen-bond donors (Lipinski definition) is 0. The lowest BCUT2D eigenvalue weighted by molar-refractivity contribution is 0.0710. The predicted molar refractivity (Wildman–Crippen MR) is 76.2 cm³/mol. The van der Waals surface area contributed by atoms with Gasteiger partial charge < -0.3 is 4.90 Å². The van der Waals surface area contributed by atoms with E-state index in [2.05, 4.69) is 11.1 Å². The number of thioether (sulfide) groups is 1. The topological polar surface area (TPSA) is 57.0 Å². The predicted octanol–water partition coefficient (Wildman–Crippen LogP) is 2.60. The molecule has 1 aromatic rings. The summed E-state index contributed by atoms with van der Waals surface area (Å²) >= 11 is 7.36. The molecule has 1 aliphatic rings. The normalized spacial score (nSPS) is 17.8. The monoisotopic (exact) mass is 295 g/mol. The first-order valence-electron chi connectivity index (χ1n) is 5.98. The number of carbonyl (C=O) groups excluding carboxylic acids is 1. The largest absolute Gasteiger partial charge is 0.337 e. The van der Waals surface area contributed by atoms with Crippen molar-refractivity contribution in [3.8, 4) is 6.07 Å². The standard InChI is InChI=1S/C13H14ClN3OS/c1-19-13(9-15)5-7-17(8-6-13)12(18)10-3-2-4-11(14)16-10/h2-4H,5-8H2,1H3. The van der Waals surface area contributed by atoms with E-state index in [9.17, 15) is 10.1 Å². The average Bonchev–Trinajstić information content (AvgIpc) is 2.46. The molecule has 0 radical (unpaired) electrons. The minimum Gasteiger partial charge on any atom is -0.337 e. The molecule has 0 spiro atoms. The first-order valence-corrected chi connectivity index (χ1v) is 7.59. The zero-order valence-corrected chi connectivity index (χ0v) is 12.2. The van der Waals surface area contributed by atoms with Crippen LogP contribution in [0.2, 0.25) is 5.15 Å². The summed E-state index contributed by atoms with van der Waals surface area (Å²) in [5.41, 5.74) is 0.362. The molecule has 1 fully saturated rings. The van der Waals surface area contributed by atoms with Gasteiger partial charge in [-0.2, -0.15) is 5.26 Å². The second-order valence-electron chi connectivity index (χ2n) is 4.45. The number of amides is 1. The van der Waals surface area contributed by atoms with Crippen molar-refractivity contribution in [2.24, 2.45) is 0 Å². The zero-order chi connectivity index (χ0) is 13.9.